The molecule has 128 valence electrons. The predicted molar refractivity (Wildman–Crippen MR) is 98.2 cm³/mol. The molecule has 0 aliphatic heterocycles. The number of nitrogens with zero attached hydrogens (tertiary/aromatic N) is 1. The minimum absolute atomic E-state index is 0.0157. The van der Waals surface area contributed by atoms with Crippen molar-refractivity contribution >= 4 is 11.6 Å². The second-order valence-corrected chi connectivity index (χ2v) is 6.08. The van der Waals surface area contributed by atoms with Crippen LogP contribution in [0.4, 0.5) is 5.69 Å². The van der Waals surface area contributed by atoms with E-state index < -0.39 is 0 Å². The van der Waals surface area contributed by atoms with E-state index in [2.05, 4.69) is 36.2 Å². The van der Waals surface area contributed by atoms with Gasteiger partial charge in [-0.25, -0.2) is 0 Å². The second kappa shape index (κ2) is 9.08. The van der Waals surface area contributed by atoms with Crippen molar-refractivity contribution in [1.82, 2.24) is 4.90 Å². The summed E-state index contributed by atoms with van der Waals surface area (Å²) in [6.45, 7) is 5.89. The fourth-order valence-electron chi connectivity index (χ4n) is 2.51. The van der Waals surface area contributed by atoms with Crippen molar-refractivity contribution in [2.45, 2.75) is 32.9 Å². The van der Waals surface area contributed by atoms with E-state index in [1.165, 1.54) is 5.56 Å². The number of carbonyl (C=O) groups is 1. The van der Waals surface area contributed by atoms with E-state index in [-0.39, 0.29) is 5.91 Å². The van der Waals surface area contributed by atoms with E-state index in [1.54, 1.807) is 7.11 Å². The molecule has 0 aliphatic rings. The van der Waals surface area contributed by atoms with Gasteiger partial charge in [0.25, 0.3) is 0 Å². The van der Waals surface area contributed by atoms with Crippen LogP contribution in [0.3, 0.4) is 0 Å². The van der Waals surface area contributed by atoms with Crippen LogP contribution in [0.15, 0.2) is 54.6 Å². The summed E-state index contributed by atoms with van der Waals surface area (Å²) in [6, 6.07) is 18.1. The van der Waals surface area contributed by atoms with Gasteiger partial charge in [-0.15, -0.1) is 0 Å². The number of rotatable bonds is 8. The molecule has 4 nitrogen and oxygen atoms in total. The van der Waals surface area contributed by atoms with Crippen LogP contribution in [-0.4, -0.2) is 30.5 Å². The molecule has 2 rings (SSSR count). The zero-order valence-electron chi connectivity index (χ0n) is 14.7. The normalized spacial score (nSPS) is 10.9. The van der Waals surface area contributed by atoms with Crippen LogP contribution in [0.1, 0.15) is 25.8 Å². The molecular weight excluding hydrogens is 300 g/mol. The Balaban J connectivity index is 1.87. The SMILES string of the molecule is COc1cccc(NC(=O)CCN(Cc2ccccc2)C(C)C)c1. The quantitative estimate of drug-likeness (QED) is 0.799. The highest BCUT2D eigenvalue weighted by atomic mass is 16.5. The second-order valence-electron chi connectivity index (χ2n) is 6.08. The van der Waals surface area contributed by atoms with Gasteiger partial charge in [-0.1, -0.05) is 36.4 Å². The van der Waals surface area contributed by atoms with E-state index in [0.29, 0.717) is 12.5 Å². The molecule has 0 aromatic heterocycles. The van der Waals surface area contributed by atoms with Crippen LogP contribution in [-0.2, 0) is 11.3 Å². The number of anilines is 1. The lowest BCUT2D eigenvalue weighted by Crippen LogP contribution is -2.33. The number of hydrogen-bond acceptors (Lipinski definition) is 3. The molecule has 0 unspecified atom stereocenters. The Bertz CT molecular complexity index is 641. The van der Waals surface area contributed by atoms with Crippen molar-refractivity contribution in [1.29, 1.82) is 0 Å². The first-order chi connectivity index (χ1) is 11.6. The summed E-state index contributed by atoms with van der Waals surface area (Å²) < 4.78 is 5.17. The monoisotopic (exact) mass is 326 g/mol. The molecule has 0 bridgehead atoms. The van der Waals surface area contributed by atoms with Crippen LogP contribution in [0.2, 0.25) is 0 Å². The fraction of sp³-hybridized carbons (Fsp3) is 0.350. The molecule has 24 heavy (non-hydrogen) atoms. The van der Waals surface area contributed by atoms with E-state index in [9.17, 15) is 4.79 Å². The molecule has 0 fully saturated rings. The Labute approximate surface area is 144 Å². The molecule has 0 saturated heterocycles. The lowest BCUT2D eigenvalue weighted by atomic mass is 10.2. The van der Waals surface area contributed by atoms with Gasteiger partial charge < -0.3 is 10.1 Å². The molecule has 0 aliphatic carbocycles. The van der Waals surface area contributed by atoms with Crippen molar-refractivity contribution in [3.05, 3.63) is 60.2 Å². The molecule has 0 heterocycles. The average molecular weight is 326 g/mol. The van der Waals surface area contributed by atoms with Gasteiger partial charge in [-0.05, 0) is 31.5 Å². The van der Waals surface area contributed by atoms with Gasteiger partial charge in [-0.2, -0.15) is 0 Å². The Kier molecular flexibility index (Phi) is 6.82. The molecule has 0 radical (unpaired) electrons. The third-order valence-electron chi connectivity index (χ3n) is 3.94. The lowest BCUT2D eigenvalue weighted by Gasteiger charge is -2.26. The molecule has 4 heteroatoms. The predicted octanol–water partition coefficient (Wildman–Crippen LogP) is 3.93. The van der Waals surface area contributed by atoms with Crippen LogP contribution in [0.25, 0.3) is 0 Å². The summed E-state index contributed by atoms with van der Waals surface area (Å²) >= 11 is 0. The number of amides is 1. The van der Waals surface area contributed by atoms with Crippen molar-refractivity contribution in [2.75, 3.05) is 19.0 Å². The summed E-state index contributed by atoms with van der Waals surface area (Å²) in [5.74, 6) is 0.752. The summed E-state index contributed by atoms with van der Waals surface area (Å²) in [7, 11) is 1.62. The maximum absolute atomic E-state index is 12.2. The maximum Gasteiger partial charge on any atom is 0.225 e. The van der Waals surface area contributed by atoms with Crippen molar-refractivity contribution < 1.29 is 9.53 Å². The number of hydrogen-bond donors (Lipinski definition) is 1. The Morgan fingerprint density at radius 3 is 2.54 bits per heavy atom. The van der Waals surface area contributed by atoms with E-state index >= 15 is 0 Å². The van der Waals surface area contributed by atoms with Gasteiger partial charge in [0.2, 0.25) is 5.91 Å². The molecular formula is C20H26N2O2. The minimum Gasteiger partial charge on any atom is -0.497 e. The van der Waals surface area contributed by atoms with Gasteiger partial charge >= 0.3 is 0 Å². The van der Waals surface area contributed by atoms with E-state index in [1.807, 2.05) is 42.5 Å². The van der Waals surface area contributed by atoms with Gasteiger partial charge in [0, 0.05) is 37.3 Å². The fourth-order valence-corrected chi connectivity index (χ4v) is 2.51. The summed E-state index contributed by atoms with van der Waals surface area (Å²) in [5, 5.41) is 2.93. The third-order valence-corrected chi connectivity index (χ3v) is 3.94. The first-order valence-corrected chi connectivity index (χ1v) is 8.30. The average Bonchev–Trinajstić information content (AvgIpc) is 2.59. The standard InChI is InChI=1S/C20H26N2O2/c1-16(2)22(15-17-8-5-4-6-9-17)13-12-20(23)21-18-10-7-11-19(14-18)24-3/h4-11,14,16H,12-13,15H2,1-3H3,(H,21,23). The molecule has 0 spiro atoms. The lowest BCUT2D eigenvalue weighted by molar-refractivity contribution is -0.116. The Hall–Kier alpha value is -2.33. The van der Waals surface area contributed by atoms with E-state index in [0.717, 1.165) is 24.5 Å². The highest BCUT2D eigenvalue weighted by molar-refractivity contribution is 5.91. The maximum atomic E-state index is 12.2. The number of methoxy groups -OCH3 is 1. The largest absolute Gasteiger partial charge is 0.497 e. The molecule has 0 atom stereocenters. The van der Waals surface area contributed by atoms with Crippen LogP contribution in [0.5, 0.6) is 5.75 Å². The van der Waals surface area contributed by atoms with Gasteiger partial charge in [0.1, 0.15) is 5.75 Å². The topological polar surface area (TPSA) is 41.6 Å². The van der Waals surface area contributed by atoms with E-state index in [4.69, 9.17) is 4.74 Å². The van der Waals surface area contributed by atoms with Crippen LogP contribution >= 0.6 is 0 Å². The number of nitrogens with one attached hydrogen (secondary N) is 1. The summed E-state index contributed by atoms with van der Waals surface area (Å²) in [6.07, 6.45) is 0.461. The zero-order chi connectivity index (χ0) is 17.4. The van der Waals surface area contributed by atoms with Crippen LogP contribution in [0, 0.1) is 0 Å². The minimum atomic E-state index is 0.0157. The van der Waals surface area contributed by atoms with Gasteiger partial charge in [-0.3, -0.25) is 9.69 Å². The van der Waals surface area contributed by atoms with Gasteiger partial charge in [0.05, 0.1) is 7.11 Å². The Morgan fingerprint density at radius 2 is 1.88 bits per heavy atom. The van der Waals surface area contributed by atoms with Crippen molar-refractivity contribution in [3.63, 3.8) is 0 Å². The third kappa shape index (κ3) is 5.70. The Morgan fingerprint density at radius 1 is 1.12 bits per heavy atom. The summed E-state index contributed by atoms with van der Waals surface area (Å²) in [4.78, 5) is 14.5. The highest BCUT2D eigenvalue weighted by Crippen LogP contribution is 2.17. The molecule has 2 aromatic carbocycles. The van der Waals surface area contributed by atoms with Gasteiger partial charge in [0.15, 0.2) is 0 Å². The molecule has 2 aromatic rings. The number of carbonyl (C=O) groups excluding carboxylic acids is 1. The summed E-state index contributed by atoms with van der Waals surface area (Å²) in [5.41, 5.74) is 2.03. The van der Waals surface area contributed by atoms with Crippen LogP contribution < -0.4 is 10.1 Å². The molecule has 0 saturated carbocycles. The zero-order valence-corrected chi connectivity index (χ0v) is 14.7. The van der Waals surface area contributed by atoms with Crippen molar-refractivity contribution in [2.24, 2.45) is 0 Å². The molecule has 1 N–H and O–H groups in total. The highest BCUT2D eigenvalue weighted by Gasteiger charge is 2.12. The molecule has 1 amide bonds. The number of benzene rings is 2. The van der Waals surface area contributed by atoms with Crippen molar-refractivity contribution in [3.8, 4) is 5.75 Å². The number of ether oxygens (including phenoxy) is 1. The first kappa shape index (κ1) is 18.0. The first-order valence-electron chi connectivity index (χ1n) is 8.30. The smallest absolute Gasteiger partial charge is 0.225 e.